The zero-order valence-corrected chi connectivity index (χ0v) is 10.8. The first-order valence-corrected chi connectivity index (χ1v) is 7.06. The van der Waals surface area contributed by atoms with E-state index in [1.54, 1.807) is 0 Å². The van der Waals surface area contributed by atoms with E-state index in [0.717, 1.165) is 22.5 Å². The fourth-order valence-electron chi connectivity index (χ4n) is 2.41. The molecular formula is C15H13NOS. The van der Waals surface area contributed by atoms with Gasteiger partial charge >= 0.3 is 0 Å². The normalized spacial score (nSPS) is 13.4. The van der Waals surface area contributed by atoms with E-state index in [1.165, 1.54) is 11.8 Å². The van der Waals surface area contributed by atoms with Crippen molar-refractivity contribution in [2.75, 3.05) is 11.6 Å². The van der Waals surface area contributed by atoms with Crippen LogP contribution in [-0.4, -0.2) is 11.4 Å². The lowest BCUT2D eigenvalue weighted by Crippen LogP contribution is -2.18. The van der Waals surface area contributed by atoms with Crippen molar-refractivity contribution in [3.05, 3.63) is 59.7 Å². The fourth-order valence-corrected chi connectivity index (χ4v) is 2.90. The van der Waals surface area contributed by atoms with Crippen molar-refractivity contribution in [1.82, 2.24) is 0 Å². The summed E-state index contributed by atoms with van der Waals surface area (Å²) in [4.78, 5) is 12.2. The summed E-state index contributed by atoms with van der Waals surface area (Å²) in [5.74, 6) is -0.159. The van der Waals surface area contributed by atoms with E-state index >= 15 is 0 Å². The van der Waals surface area contributed by atoms with Crippen LogP contribution in [0.2, 0.25) is 0 Å². The average Bonchev–Trinajstić information content (AvgIpc) is 2.44. The molecule has 1 aliphatic heterocycles. The summed E-state index contributed by atoms with van der Waals surface area (Å²) in [5, 5.41) is 3.58. The molecule has 0 atom stereocenters. The molecule has 3 rings (SSSR count). The second-order valence-electron chi connectivity index (χ2n) is 4.26. The first-order chi connectivity index (χ1) is 8.81. The van der Waals surface area contributed by atoms with Gasteiger partial charge in [-0.25, -0.2) is 0 Å². The molecule has 1 heterocycles. The van der Waals surface area contributed by atoms with Gasteiger partial charge in [0.2, 0.25) is 5.12 Å². The van der Waals surface area contributed by atoms with Gasteiger partial charge in [-0.2, -0.15) is 0 Å². The van der Waals surface area contributed by atoms with E-state index in [4.69, 9.17) is 0 Å². The number of rotatable bonds is 1. The SMILES string of the molecule is CSC(=O)C1c2ccccc2Nc2ccccc21. The number of fused-ring (bicyclic) bond motifs is 2. The second kappa shape index (κ2) is 4.50. The van der Waals surface area contributed by atoms with Crippen LogP contribution >= 0.6 is 11.8 Å². The number of anilines is 2. The number of carbonyl (C=O) groups excluding carboxylic acids is 1. The molecule has 90 valence electrons. The van der Waals surface area contributed by atoms with Gasteiger partial charge in [0.15, 0.2) is 0 Å². The highest BCUT2D eigenvalue weighted by atomic mass is 32.2. The van der Waals surface area contributed by atoms with Crippen LogP contribution in [0.1, 0.15) is 17.0 Å². The monoisotopic (exact) mass is 255 g/mol. The third-order valence-electron chi connectivity index (χ3n) is 3.25. The number of para-hydroxylation sites is 2. The summed E-state index contributed by atoms with van der Waals surface area (Å²) >= 11 is 1.29. The lowest BCUT2D eigenvalue weighted by atomic mass is 9.87. The summed E-state index contributed by atoms with van der Waals surface area (Å²) in [6, 6.07) is 16.0. The molecule has 18 heavy (non-hydrogen) atoms. The highest BCUT2D eigenvalue weighted by Gasteiger charge is 2.29. The molecule has 0 saturated carbocycles. The van der Waals surface area contributed by atoms with E-state index in [9.17, 15) is 4.79 Å². The van der Waals surface area contributed by atoms with Crippen molar-refractivity contribution in [3.63, 3.8) is 0 Å². The van der Waals surface area contributed by atoms with Gasteiger partial charge in [0.25, 0.3) is 0 Å². The maximum Gasteiger partial charge on any atom is 0.200 e. The van der Waals surface area contributed by atoms with Crippen LogP contribution in [0.4, 0.5) is 11.4 Å². The molecule has 0 aromatic heterocycles. The van der Waals surface area contributed by atoms with Crippen molar-refractivity contribution in [2.24, 2.45) is 0 Å². The quantitative estimate of drug-likeness (QED) is 0.841. The van der Waals surface area contributed by atoms with Crippen LogP contribution in [0, 0.1) is 0 Å². The van der Waals surface area contributed by atoms with Crippen molar-refractivity contribution in [1.29, 1.82) is 0 Å². The van der Waals surface area contributed by atoms with Gasteiger partial charge in [-0.15, -0.1) is 0 Å². The highest BCUT2D eigenvalue weighted by Crippen LogP contribution is 2.42. The minimum atomic E-state index is -0.159. The van der Waals surface area contributed by atoms with Crippen LogP contribution in [0.25, 0.3) is 0 Å². The van der Waals surface area contributed by atoms with Gasteiger partial charge in [0.1, 0.15) is 0 Å². The Bertz CT molecular complexity index is 563. The number of nitrogens with one attached hydrogen (secondary N) is 1. The summed E-state index contributed by atoms with van der Waals surface area (Å²) in [6.07, 6.45) is 1.84. The molecule has 0 spiro atoms. The second-order valence-corrected chi connectivity index (χ2v) is 5.07. The Morgan fingerprint density at radius 3 is 2.00 bits per heavy atom. The molecule has 0 amide bonds. The Morgan fingerprint density at radius 1 is 1.00 bits per heavy atom. The lowest BCUT2D eigenvalue weighted by Gasteiger charge is -2.27. The van der Waals surface area contributed by atoms with E-state index < -0.39 is 0 Å². The fraction of sp³-hybridized carbons (Fsp3) is 0.133. The average molecular weight is 255 g/mol. The molecule has 0 radical (unpaired) electrons. The topological polar surface area (TPSA) is 29.1 Å². The third-order valence-corrected chi connectivity index (χ3v) is 3.89. The molecule has 1 aliphatic rings. The predicted octanol–water partition coefficient (Wildman–Crippen LogP) is 3.77. The smallest absolute Gasteiger partial charge is 0.200 e. The molecule has 3 heteroatoms. The van der Waals surface area contributed by atoms with Crippen LogP contribution in [0.3, 0.4) is 0 Å². The van der Waals surface area contributed by atoms with Crippen molar-refractivity contribution in [2.45, 2.75) is 5.92 Å². The van der Waals surface area contributed by atoms with Crippen LogP contribution in [0.5, 0.6) is 0 Å². The molecular weight excluding hydrogens is 242 g/mol. The summed E-state index contributed by atoms with van der Waals surface area (Å²) in [7, 11) is 0. The molecule has 2 nitrogen and oxygen atoms in total. The Balaban J connectivity index is 2.20. The maximum absolute atomic E-state index is 12.2. The van der Waals surface area contributed by atoms with Crippen LogP contribution < -0.4 is 5.32 Å². The largest absolute Gasteiger partial charge is 0.355 e. The number of benzene rings is 2. The van der Waals surface area contributed by atoms with E-state index in [-0.39, 0.29) is 11.0 Å². The third kappa shape index (κ3) is 1.71. The zero-order valence-electron chi connectivity index (χ0n) is 10.0. The van der Waals surface area contributed by atoms with Crippen LogP contribution in [-0.2, 0) is 4.79 Å². The summed E-state index contributed by atoms with van der Waals surface area (Å²) in [6.45, 7) is 0. The minimum Gasteiger partial charge on any atom is -0.355 e. The maximum atomic E-state index is 12.2. The minimum absolute atomic E-state index is 0.159. The molecule has 0 aliphatic carbocycles. The number of hydrogen-bond acceptors (Lipinski definition) is 3. The van der Waals surface area contributed by atoms with Gasteiger partial charge in [-0.3, -0.25) is 4.79 Å². The standard InChI is InChI=1S/C15H13NOS/c1-18-15(17)14-10-6-2-4-8-12(10)16-13-9-5-3-7-11(13)14/h2-9,14,16H,1H3. The summed E-state index contributed by atoms with van der Waals surface area (Å²) < 4.78 is 0. The number of hydrogen-bond donors (Lipinski definition) is 1. The first kappa shape index (κ1) is 11.4. The van der Waals surface area contributed by atoms with E-state index in [1.807, 2.05) is 54.8 Å². The lowest BCUT2D eigenvalue weighted by molar-refractivity contribution is -0.111. The van der Waals surface area contributed by atoms with Crippen LogP contribution in [0.15, 0.2) is 48.5 Å². The van der Waals surface area contributed by atoms with Crippen molar-refractivity contribution < 1.29 is 4.79 Å². The van der Waals surface area contributed by atoms with Gasteiger partial charge in [0.05, 0.1) is 5.92 Å². The van der Waals surface area contributed by atoms with Crippen molar-refractivity contribution in [3.8, 4) is 0 Å². The molecule has 2 aromatic rings. The summed E-state index contributed by atoms with van der Waals surface area (Å²) in [5.41, 5.74) is 4.19. The Hall–Kier alpha value is -1.74. The molecule has 2 aromatic carbocycles. The molecule has 0 fully saturated rings. The molecule has 0 bridgehead atoms. The predicted molar refractivity (Wildman–Crippen MR) is 76.5 cm³/mol. The zero-order chi connectivity index (χ0) is 12.5. The number of carbonyl (C=O) groups is 1. The highest BCUT2D eigenvalue weighted by molar-refractivity contribution is 8.13. The molecule has 0 saturated heterocycles. The number of thioether (sulfide) groups is 1. The van der Waals surface area contributed by atoms with Gasteiger partial charge in [0, 0.05) is 11.4 Å². The Labute approximate surface area is 110 Å². The van der Waals surface area contributed by atoms with E-state index in [0.29, 0.717) is 0 Å². The van der Waals surface area contributed by atoms with E-state index in [2.05, 4.69) is 5.32 Å². The van der Waals surface area contributed by atoms with Gasteiger partial charge < -0.3 is 5.32 Å². The van der Waals surface area contributed by atoms with Crippen molar-refractivity contribution >= 4 is 28.3 Å². The molecule has 0 unspecified atom stereocenters. The first-order valence-electron chi connectivity index (χ1n) is 5.84. The Morgan fingerprint density at radius 2 is 1.50 bits per heavy atom. The van der Waals surface area contributed by atoms with Gasteiger partial charge in [-0.05, 0) is 29.5 Å². The van der Waals surface area contributed by atoms with Gasteiger partial charge in [-0.1, -0.05) is 48.2 Å². The Kier molecular flexibility index (Phi) is 2.84. The molecule has 1 N–H and O–H groups in total.